The van der Waals surface area contributed by atoms with Gasteiger partial charge in [-0.05, 0) is 80.8 Å². The highest BCUT2D eigenvalue weighted by Crippen LogP contribution is 2.23. The Morgan fingerprint density at radius 1 is 0.793 bits per heavy atom. The topological polar surface area (TPSA) is 75.3 Å². The van der Waals surface area contributed by atoms with Crippen LogP contribution < -0.4 is 10.0 Å². The summed E-state index contributed by atoms with van der Waals surface area (Å²) in [6, 6.07) is 17.3. The van der Waals surface area contributed by atoms with Crippen LogP contribution in [0, 0.1) is 27.7 Å². The van der Waals surface area contributed by atoms with Gasteiger partial charge in [0.1, 0.15) is 0 Å². The van der Waals surface area contributed by atoms with Crippen LogP contribution in [0.3, 0.4) is 0 Å². The van der Waals surface area contributed by atoms with E-state index in [9.17, 15) is 13.2 Å². The fourth-order valence-corrected chi connectivity index (χ4v) is 4.05. The predicted molar refractivity (Wildman–Crippen MR) is 117 cm³/mol. The average Bonchev–Trinajstić information content (AvgIpc) is 2.67. The van der Waals surface area contributed by atoms with Crippen LogP contribution in [-0.2, 0) is 10.0 Å². The van der Waals surface area contributed by atoms with Gasteiger partial charge in [-0.25, -0.2) is 8.42 Å². The molecule has 0 radical (unpaired) electrons. The van der Waals surface area contributed by atoms with E-state index >= 15 is 0 Å². The van der Waals surface area contributed by atoms with Crippen LogP contribution >= 0.6 is 0 Å². The molecule has 29 heavy (non-hydrogen) atoms. The molecule has 3 aromatic carbocycles. The molecule has 0 spiro atoms. The fourth-order valence-electron chi connectivity index (χ4n) is 2.92. The highest BCUT2D eigenvalue weighted by Gasteiger charge is 2.16. The maximum absolute atomic E-state index is 12.6. The van der Waals surface area contributed by atoms with Gasteiger partial charge in [-0.2, -0.15) is 0 Å². The summed E-state index contributed by atoms with van der Waals surface area (Å²) in [5.41, 5.74) is 5.42. The van der Waals surface area contributed by atoms with Gasteiger partial charge in [0.15, 0.2) is 0 Å². The number of sulfonamides is 1. The smallest absolute Gasteiger partial charge is 0.261 e. The van der Waals surface area contributed by atoms with Crippen LogP contribution in [0.25, 0.3) is 0 Å². The van der Waals surface area contributed by atoms with E-state index in [4.69, 9.17) is 0 Å². The molecule has 0 saturated carbocycles. The van der Waals surface area contributed by atoms with Crippen LogP contribution in [0.1, 0.15) is 32.6 Å². The maximum Gasteiger partial charge on any atom is 0.261 e. The molecule has 0 aliphatic heterocycles. The second-order valence-electron chi connectivity index (χ2n) is 7.15. The Morgan fingerprint density at radius 3 is 2.14 bits per heavy atom. The Balaban J connectivity index is 1.80. The number of hydrogen-bond donors (Lipinski definition) is 2. The first kappa shape index (κ1) is 20.6. The fraction of sp³-hybridized carbons (Fsp3) is 0.174. The van der Waals surface area contributed by atoms with Crippen molar-refractivity contribution >= 4 is 27.3 Å². The lowest BCUT2D eigenvalue weighted by Gasteiger charge is -2.13. The van der Waals surface area contributed by atoms with Gasteiger partial charge in [0.2, 0.25) is 0 Å². The number of nitrogens with one attached hydrogen (secondary N) is 2. The molecule has 5 nitrogen and oxygen atoms in total. The maximum atomic E-state index is 12.6. The van der Waals surface area contributed by atoms with Crippen LogP contribution in [0.5, 0.6) is 0 Å². The molecule has 0 saturated heterocycles. The summed E-state index contributed by atoms with van der Waals surface area (Å²) in [4.78, 5) is 12.8. The Labute approximate surface area is 171 Å². The first-order valence-electron chi connectivity index (χ1n) is 9.25. The lowest BCUT2D eigenvalue weighted by atomic mass is 10.1. The number of rotatable bonds is 5. The van der Waals surface area contributed by atoms with Crippen molar-refractivity contribution in [3.8, 4) is 0 Å². The molecular weight excluding hydrogens is 384 g/mol. The SMILES string of the molecule is Cc1ccc(S(=O)(=O)Nc2ccc(C(=O)Nc3cccc(C)c3C)cc2C)cc1. The minimum absolute atomic E-state index is 0.194. The minimum atomic E-state index is -3.70. The van der Waals surface area contributed by atoms with Gasteiger partial charge < -0.3 is 5.32 Å². The zero-order valence-electron chi connectivity index (χ0n) is 16.9. The van der Waals surface area contributed by atoms with Crippen LogP contribution in [-0.4, -0.2) is 14.3 Å². The van der Waals surface area contributed by atoms with Crippen LogP contribution in [0.2, 0.25) is 0 Å². The van der Waals surface area contributed by atoms with E-state index in [0.29, 0.717) is 16.8 Å². The number of carbonyl (C=O) groups is 1. The van der Waals surface area contributed by atoms with Gasteiger partial charge in [0.05, 0.1) is 10.6 Å². The van der Waals surface area contributed by atoms with Gasteiger partial charge in [-0.1, -0.05) is 29.8 Å². The number of amides is 1. The van der Waals surface area contributed by atoms with Gasteiger partial charge in [-0.15, -0.1) is 0 Å². The molecule has 0 fully saturated rings. The van der Waals surface area contributed by atoms with Gasteiger partial charge in [0.25, 0.3) is 15.9 Å². The molecule has 2 N–H and O–H groups in total. The van der Waals surface area contributed by atoms with Crippen LogP contribution in [0.15, 0.2) is 65.6 Å². The zero-order valence-corrected chi connectivity index (χ0v) is 17.7. The molecule has 1 amide bonds. The van der Waals surface area contributed by atoms with Crippen LogP contribution in [0.4, 0.5) is 11.4 Å². The summed E-state index contributed by atoms with van der Waals surface area (Å²) < 4.78 is 27.8. The zero-order chi connectivity index (χ0) is 21.2. The van der Waals surface area contributed by atoms with E-state index in [1.807, 2.05) is 39.0 Å². The van der Waals surface area contributed by atoms with E-state index in [1.54, 1.807) is 49.4 Å². The summed E-state index contributed by atoms with van der Waals surface area (Å²) in [5, 5.41) is 2.92. The van der Waals surface area contributed by atoms with Crippen molar-refractivity contribution in [2.45, 2.75) is 32.6 Å². The van der Waals surface area contributed by atoms with E-state index in [1.165, 1.54) is 0 Å². The second kappa shape index (κ2) is 8.09. The highest BCUT2D eigenvalue weighted by atomic mass is 32.2. The minimum Gasteiger partial charge on any atom is -0.322 e. The molecule has 0 atom stereocenters. The first-order valence-corrected chi connectivity index (χ1v) is 10.7. The monoisotopic (exact) mass is 408 g/mol. The van der Waals surface area contributed by atoms with E-state index in [-0.39, 0.29) is 10.8 Å². The Bertz CT molecular complexity index is 1170. The largest absolute Gasteiger partial charge is 0.322 e. The molecule has 0 aliphatic rings. The van der Waals surface area contributed by atoms with Crippen molar-refractivity contribution in [2.75, 3.05) is 10.0 Å². The summed E-state index contributed by atoms with van der Waals surface area (Å²) in [5.74, 6) is -0.241. The molecular formula is C23H24N2O3S. The van der Waals surface area contributed by atoms with Crippen molar-refractivity contribution in [2.24, 2.45) is 0 Å². The Hall–Kier alpha value is -3.12. The van der Waals surface area contributed by atoms with Crippen molar-refractivity contribution in [3.63, 3.8) is 0 Å². The quantitative estimate of drug-likeness (QED) is 0.626. The van der Waals surface area contributed by atoms with Gasteiger partial charge >= 0.3 is 0 Å². The summed E-state index contributed by atoms with van der Waals surface area (Å²) in [7, 11) is -3.70. The number of hydrogen-bond acceptors (Lipinski definition) is 3. The first-order chi connectivity index (χ1) is 13.7. The molecule has 0 aromatic heterocycles. The third kappa shape index (κ3) is 4.66. The molecule has 0 heterocycles. The standard InChI is InChI=1S/C23H24N2O3S/c1-15-8-11-20(12-9-15)29(27,28)25-21-13-10-19(14-17(21)3)23(26)24-22-7-5-6-16(2)18(22)4/h5-14,25H,1-4H3,(H,24,26). The van der Waals surface area contributed by atoms with Gasteiger partial charge in [0, 0.05) is 11.3 Å². The number of anilines is 2. The molecule has 6 heteroatoms. The number of benzene rings is 3. The van der Waals surface area contributed by atoms with E-state index in [0.717, 1.165) is 22.4 Å². The molecule has 3 rings (SSSR count). The summed E-state index contributed by atoms with van der Waals surface area (Å²) in [6.45, 7) is 7.61. The molecule has 3 aromatic rings. The van der Waals surface area contributed by atoms with Crippen molar-refractivity contribution in [1.82, 2.24) is 0 Å². The molecule has 0 bridgehead atoms. The number of carbonyl (C=O) groups excluding carboxylic acids is 1. The number of aryl methyl sites for hydroxylation is 3. The normalized spacial score (nSPS) is 11.2. The average molecular weight is 409 g/mol. The molecule has 150 valence electrons. The lowest BCUT2D eigenvalue weighted by molar-refractivity contribution is 0.102. The van der Waals surface area contributed by atoms with E-state index in [2.05, 4.69) is 10.0 Å². The van der Waals surface area contributed by atoms with Crippen molar-refractivity contribution in [3.05, 3.63) is 88.5 Å². The molecule has 0 aliphatic carbocycles. The Kier molecular flexibility index (Phi) is 5.75. The van der Waals surface area contributed by atoms with Crippen molar-refractivity contribution in [1.29, 1.82) is 0 Å². The summed E-state index contributed by atoms with van der Waals surface area (Å²) >= 11 is 0. The summed E-state index contributed by atoms with van der Waals surface area (Å²) in [6.07, 6.45) is 0. The third-order valence-corrected chi connectivity index (χ3v) is 6.30. The molecule has 0 unspecified atom stereocenters. The Morgan fingerprint density at radius 2 is 1.48 bits per heavy atom. The highest BCUT2D eigenvalue weighted by molar-refractivity contribution is 7.92. The third-order valence-electron chi connectivity index (χ3n) is 4.92. The van der Waals surface area contributed by atoms with Gasteiger partial charge in [-0.3, -0.25) is 9.52 Å². The lowest BCUT2D eigenvalue weighted by Crippen LogP contribution is -2.16. The van der Waals surface area contributed by atoms with E-state index < -0.39 is 10.0 Å². The van der Waals surface area contributed by atoms with Crippen molar-refractivity contribution < 1.29 is 13.2 Å². The second-order valence-corrected chi connectivity index (χ2v) is 8.83. The predicted octanol–water partition coefficient (Wildman–Crippen LogP) is 4.97.